The number of aromatic nitrogens is 3. The lowest BCUT2D eigenvalue weighted by Gasteiger charge is -2.06. The zero-order valence-corrected chi connectivity index (χ0v) is 8.57. The third kappa shape index (κ3) is 2.81. The molecule has 0 fully saturated rings. The summed E-state index contributed by atoms with van der Waals surface area (Å²) in [6, 6.07) is -0.0711. The lowest BCUT2D eigenvalue weighted by atomic mass is 10.1. The van der Waals surface area contributed by atoms with Crippen molar-refractivity contribution in [2.24, 2.45) is 11.7 Å². The first kappa shape index (κ1) is 10.2. The Kier molecular flexibility index (Phi) is 3.42. The van der Waals surface area contributed by atoms with Crippen molar-refractivity contribution in [2.45, 2.75) is 39.8 Å². The molecule has 0 radical (unpaired) electrons. The summed E-state index contributed by atoms with van der Waals surface area (Å²) in [5.41, 5.74) is 5.65. The molecule has 0 saturated carbocycles. The van der Waals surface area contributed by atoms with Gasteiger partial charge in [-0.05, 0) is 12.8 Å². The number of nitrogens with zero attached hydrogens (tertiary/aromatic N) is 3. The second-order valence-electron chi connectivity index (χ2n) is 3.63. The van der Waals surface area contributed by atoms with Gasteiger partial charge in [-0.2, -0.15) is 5.10 Å². The van der Waals surface area contributed by atoms with Gasteiger partial charge < -0.3 is 5.73 Å². The summed E-state index contributed by atoms with van der Waals surface area (Å²) in [7, 11) is 0. The molecule has 2 unspecified atom stereocenters. The van der Waals surface area contributed by atoms with Crippen LogP contribution in [-0.4, -0.2) is 14.8 Å². The molecule has 4 nitrogen and oxygen atoms in total. The monoisotopic (exact) mass is 182 g/mol. The highest BCUT2D eigenvalue weighted by Gasteiger charge is 2.06. The van der Waals surface area contributed by atoms with Crippen LogP contribution in [0.3, 0.4) is 0 Å². The Balaban J connectivity index is 2.58. The second-order valence-corrected chi connectivity index (χ2v) is 3.63. The summed E-state index contributed by atoms with van der Waals surface area (Å²) in [4.78, 5) is 4.13. The third-order valence-electron chi connectivity index (χ3n) is 2.16. The maximum atomic E-state index is 5.65. The SMILES string of the molecule is CCC(C)Cn1cnc(C(C)N)n1. The van der Waals surface area contributed by atoms with E-state index in [0.717, 1.165) is 18.8 Å². The van der Waals surface area contributed by atoms with Crippen molar-refractivity contribution in [3.63, 3.8) is 0 Å². The molecular weight excluding hydrogens is 164 g/mol. The molecule has 1 rings (SSSR count). The lowest BCUT2D eigenvalue weighted by molar-refractivity contribution is 0.435. The van der Waals surface area contributed by atoms with E-state index in [0.29, 0.717) is 5.92 Å². The highest BCUT2D eigenvalue weighted by Crippen LogP contribution is 2.06. The third-order valence-corrected chi connectivity index (χ3v) is 2.16. The van der Waals surface area contributed by atoms with E-state index in [4.69, 9.17) is 5.73 Å². The smallest absolute Gasteiger partial charge is 0.166 e. The van der Waals surface area contributed by atoms with Crippen LogP contribution in [0.5, 0.6) is 0 Å². The van der Waals surface area contributed by atoms with Crippen LogP contribution < -0.4 is 5.73 Å². The van der Waals surface area contributed by atoms with Gasteiger partial charge in [0.2, 0.25) is 0 Å². The van der Waals surface area contributed by atoms with Gasteiger partial charge in [-0.25, -0.2) is 4.98 Å². The molecule has 0 amide bonds. The van der Waals surface area contributed by atoms with Gasteiger partial charge in [-0.15, -0.1) is 0 Å². The van der Waals surface area contributed by atoms with Gasteiger partial charge in [0.25, 0.3) is 0 Å². The number of nitrogens with two attached hydrogens (primary N) is 1. The zero-order chi connectivity index (χ0) is 9.84. The van der Waals surface area contributed by atoms with Gasteiger partial charge in [-0.3, -0.25) is 4.68 Å². The Labute approximate surface area is 79.2 Å². The highest BCUT2D eigenvalue weighted by atomic mass is 15.3. The molecule has 0 aliphatic rings. The Bertz CT molecular complexity index is 254. The van der Waals surface area contributed by atoms with Crippen molar-refractivity contribution < 1.29 is 0 Å². The number of rotatable bonds is 4. The topological polar surface area (TPSA) is 56.7 Å². The molecule has 0 aliphatic carbocycles. The van der Waals surface area contributed by atoms with Crippen molar-refractivity contribution in [3.05, 3.63) is 12.2 Å². The maximum Gasteiger partial charge on any atom is 0.166 e. The van der Waals surface area contributed by atoms with Crippen molar-refractivity contribution >= 4 is 0 Å². The Hall–Kier alpha value is -0.900. The van der Waals surface area contributed by atoms with Crippen LogP contribution in [0.1, 0.15) is 39.1 Å². The highest BCUT2D eigenvalue weighted by molar-refractivity contribution is 4.87. The molecule has 0 aromatic carbocycles. The minimum absolute atomic E-state index is 0.0711. The first-order valence-electron chi connectivity index (χ1n) is 4.78. The zero-order valence-electron chi connectivity index (χ0n) is 8.57. The van der Waals surface area contributed by atoms with Crippen molar-refractivity contribution in [1.29, 1.82) is 0 Å². The average Bonchev–Trinajstić information content (AvgIpc) is 2.52. The molecule has 1 aromatic heterocycles. The summed E-state index contributed by atoms with van der Waals surface area (Å²) in [5, 5.41) is 4.28. The molecule has 0 aliphatic heterocycles. The molecule has 13 heavy (non-hydrogen) atoms. The summed E-state index contributed by atoms with van der Waals surface area (Å²) in [5.74, 6) is 1.37. The Morgan fingerprint density at radius 3 is 2.69 bits per heavy atom. The summed E-state index contributed by atoms with van der Waals surface area (Å²) >= 11 is 0. The van der Waals surface area contributed by atoms with Gasteiger partial charge in [0.05, 0.1) is 6.04 Å². The normalized spacial score (nSPS) is 15.7. The fraction of sp³-hybridized carbons (Fsp3) is 0.778. The Morgan fingerprint density at radius 1 is 1.54 bits per heavy atom. The summed E-state index contributed by atoms with van der Waals surface area (Å²) in [6.07, 6.45) is 2.91. The van der Waals surface area contributed by atoms with Gasteiger partial charge in [0.15, 0.2) is 5.82 Å². The quantitative estimate of drug-likeness (QED) is 0.764. The van der Waals surface area contributed by atoms with E-state index in [1.54, 1.807) is 6.33 Å². The Morgan fingerprint density at radius 2 is 2.23 bits per heavy atom. The average molecular weight is 182 g/mol. The van der Waals surface area contributed by atoms with Crippen LogP contribution in [-0.2, 0) is 6.54 Å². The van der Waals surface area contributed by atoms with Crippen LogP contribution in [0.15, 0.2) is 6.33 Å². The largest absolute Gasteiger partial charge is 0.321 e. The fourth-order valence-corrected chi connectivity index (χ4v) is 1.05. The number of hydrogen-bond acceptors (Lipinski definition) is 3. The van der Waals surface area contributed by atoms with Crippen molar-refractivity contribution in [1.82, 2.24) is 14.8 Å². The van der Waals surface area contributed by atoms with Crippen LogP contribution in [0.25, 0.3) is 0 Å². The maximum absolute atomic E-state index is 5.65. The van der Waals surface area contributed by atoms with E-state index >= 15 is 0 Å². The van der Waals surface area contributed by atoms with E-state index in [9.17, 15) is 0 Å². The van der Waals surface area contributed by atoms with Crippen LogP contribution >= 0.6 is 0 Å². The molecule has 0 bridgehead atoms. The molecular formula is C9H18N4. The van der Waals surface area contributed by atoms with E-state index in [-0.39, 0.29) is 6.04 Å². The molecule has 1 aromatic rings. The van der Waals surface area contributed by atoms with E-state index in [2.05, 4.69) is 23.9 Å². The molecule has 74 valence electrons. The first-order chi connectivity index (χ1) is 6.13. The minimum Gasteiger partial charge on any atom is -0.321 e. The minimum atomic E-state index is -0.0711. The van der Waals surface area contributed by atoms with Gasteiger partial charge >= 0.3 is 0 Å². The standard InChI is InChI=1S/C9H18N4/c1-4-7(2)5-13-6-11-9(12-13)8(3)10/h6-8H,4-5,10H2,1-3H3. The fourth-order valence-electron chi connectivity index (χ4n) is 1.05. The van der Waals surface area contributed by atoms with Gasteiger partial charge in [-0.1, -0.05) is 20.3 Å². The molecule has 1 heterocycles. The molecule has 0 spiro atoms. The molecule has 2 atom stereocenters. The van der Waals surface area contributed by atoms with Crippen LogP contribution in [0.4, 0.5) is 0 Å². The van der Waals surface area contributed by atoms with E-state index in [1.807, 2.05) is 11.6 Å². The second kappa shape index (κ2) is 4.37. The molecule has 2 N–H and O–H groups in total. The van der Waals surface area contributed by atoms with Crippen molar-refractivity contribution in [2.75, 3.05) is 0 Å². The predicted octanol–water partition coefficient (Wildman–Crippen LogP) is 1.34. The summed E-state index contributed by atoms with van der Waals surface area (Å²) in [6.45, 7) is 7.19. The molecule has 0 saturated heterocycles. The lowest BCUT2D eigenvalue weighted by Crippen LogP contribution is -2.10. The van der Waals surface area contributed by atoms with Gasteiger partial charge in [0.1, 0.15) is 6.33 Å². The van der Waals surface area contributed by atoms with E-state index < -0.39 is 0 Å². The van der Waals surface area contributed by atoms with Crippen LogP contribution in [0.2, 0.25) is 0 Å². The van der Waals surface area contributed by atoms with Crippen molar-refractivity contribution in [3.8, 4) is 0 Å². The van der Waals surface area contributed by atoms with Gasteiger partial charge in [0, 0.05) is 6.54 Å². The number of hydrogen-bond donors (Lipinski definition) is 1. The first-order valence-corrected chi connectivity index (χ1v) is 4.78. The summed E-state index contributed by atoms with van der Waals surface area (Å²) < 4.78 is 1.87. The predicted molar refractivity (Wildman–Crippen MR) is 52.1 cm³/mol. The molecule has 4 heteroatoms. The van der Waals surface area contributed by atoms with Crippen LogP contribution in [0, 0.1) is 5.92 Å². The van der Waals surface area contributed by atoms with E-state index in [1.165, 1.54) is 0 Å².